The smallest absolute Gasteiger partial charge is 0.387 e. The number of aliphatic imine (C=N–C) groups is 1. The average Bonchev–Trinajstić information content (AvgIpc) is 2.74. The summed E-state index contributed by atoms with van der Waals surface area (Å²) in [5.41, 5.74) is 1.48. The fourth-order valence-corrected chi connectivity index (χ4v) is 2.72. The fourth-order valence-electron chi connectivity index (χ4n) is 2.72. The quantitative estimate of drug-likeness (QED) is 0.262. The van der Waals surface area contributed by atoms with E-state index in [0.717, 1.165) is 5.56 Å². The van der Waals surface area contributed by atoms with E-state index in [1.54, 1.807) is 26.3 Å². The first-order valence-corrected chi connectivity index (χ1v) is 9.36. The van der Waals surface area contributed by atoms with E-state index in [4.69, 9.17) is 14.2 Å². The summed E-state index contributed by atoms with van der Waals surface area (Å²) in [7, 11) is 4.72. The number of nitrogens with zero attached hydrogens (tertiary/aromatic N) is 1. The molecule has 0 atom stereocenters. The molecule has 0 saturated carbocycles. The number of guanidine groups is 1. The van der Waals surface area contributed by atoms with Gasteiger partial charge in [-0.05, 0) is 42.8 Å². The second-order valence-corrected chi connectivity index (χ2v) is 6.05. The minimum absolute atomic E-state index is 0. The molecule has 0 radical (unpaired) electrons. The second-order valence-electron chi connectivity index (χ2n) is 6.05. The van der Waals surface area contributed by atoms with Crippen molar-refractivity contribution in [1.29, 1.82) is 0 Å². The van der Waals surface area contributed by atoms with Crippen LogP contribution in [0.3, 0.4) is 0 Å². The van der Waals surface area contributed by atoms with Crippen molar-refractivity contribution in [3.8, 4) is 23.0 Å². The van der Waals surface area contributed by atoms with Gasteiger partial charge >= 0.3 is 6.61 Å². The van der Waals surface area contributed by atoms with Gasteiger partial charge < -0.3 is 29.6 Å². The van der Waals surface area contributed by atoms with E-state index in [0.29, 0.717) is 41.9 Å². The molecular formula is C21H28F2IN3O4. The standard InChI is InChI=1S/C21H27F2N3O4.HI/c1-5-29-19-10-14(6-8-18(19)28-4)12-25-21(24-2)26-13-15-11-16(27-3)7-9-17(15)30-20(22)23;/h6-11,20H,5,12-13H2,1-4H3,(H2,24,25,26);1H. The van der Waals surface area contributed by atoms with E-state index in [-0.39, 0.29) is 36.3 Å². The number of benzene rings is 2. The van der Waals surface area contributed by atoms with Crippen LogP contribution in [0, 0.1) is 0 Å². The van der Waals surface area contributed by atoms with Gasteiger partial charge in [0.2, 0.25) is 0 Å². The molecule has 0 heterocycles. The minimum Gasteiger partial charge on any atom is -0.497 e. The molecule has 0 aromatic heterocycles. The number of ether oxygens (including phenoxy) is 4. The minimum atomic E-state index is -2.91. The average molecular weight is 551 g/mol. The third-order valence-electron chi connectivity index (χ3n) is 4.14. The van der Waals surface area contributed by atoms with Gasteiger partial charge in [-0.2, -0.15) is 8.78 Å². The van der Waals surface area contributed by atoms with Crippen LogP contribution in [0.15, 0.2) is 41.4 Å². The van der Waals surface area contributed by atoms with Gasteiger partial charge in [0.05, 0.1) is 20.8 Å². The predicted molar refractivity (Wildman–Crippen MR) is 126 cm³/mol. The Morgan fingerprint density at radius 1 is 0.968 bits per heavy atom. The topological polar surface area (TPSA) is 73.3 Å². The van der Waals surface area contributed by atoms with E-state index in [1.165, 1.54) is 13.2 Å². The molecule has 0 fully saturated rings. The van der Waals surface area contributed by atoms with Crippen molar-refractivity contribution >= 4 is 29.9 Å². The van der Waals surface area contributed by atoms with Gasteiger partial charge in [0.15, 0.2) is 17.5 Å². The number of halogens is 3. The van der Waals surface area contributed by atoms with E-state index in [9.17, 15) is 8.78 Å². The van der Waals surface area contributed by atoms with Crippen LogP contribution in [0.5, 0.6) is 23.0 Å². The van der Waals surface area contributed by atoms with Crippen LogP contribution in [0.1, 0.15) is 18.1 Å². The van der Waals surface area contributed by atoms with Gasteiger partial charge in [-0.15, -0.1) is 24.0 Å². The van der Waals surface area contributed by atoms with Crippen LogP contribution >= 0.6 is 24.0 Å². The Labute approximate surface area is 198 Å². The summed E-state index contributed by atoms with van der Waals surface area (Å²) in [6, 6.07) is 10.3. The van der Waals surface area contributed by atoms with Gasteiger partial charge in [0, 0.05) is 25.7 Å². The lowest BCUT2D eigenvalue weighted by atomic mass is 10.2. The third-order valence-corrected chi connectivity index (χ3v) is 4.14. The number of alkyl halides is 2. The molecule has 2 rings (SSSR count). The molecule has 10 heteroatoms. The van der Waals surface area contributed by atoms with Crippen molar-refractivity contribution in [3.05, 3.63) is 47.5 Å². The Hall–Kier alpha value is -2.50. The van der Waals surface area contributed by atoms with Crippen molar-refractivity contribution in [2.24, 2.45) is 4.99 Å². The molecule has 0 saturated heterocycles. The Morgan fingerprint density at radius 3 is 2.29 bits per heavy atom. The Balaban J connectivity index is 0.00000480. The molecule has 172 valence electrons. The van der Waals surface area contributed by atoms with Crippen molar-refractivity contribution in [2.75, 3.05) is 27.9 Å². The van der Waals surface area contributed by atoms with Gasteiger partial charge in [0.1, 0.15) is 11.5 Å². The van der Waals surface area contributed by atoms with Crippen molar-refractivity contribution in [3.63, 3.8) is 0 Å². The van der Waals surface area contributed by atoms with Gasteiger partial charge in [0.25, 0.3) is 0 Å². The van der Waals surface area contributed by atoms with Gasteiger partial charge in [-0.25, -0.2) is 0 Å². The number of methoxy groups -OCH3 is 2. The van der Waals surface area contributed by atoms with E-state index in [2.05, 4.69) is 20.4 Å². The summed E-state index contributed by atoms with van der Waals surface area (Å²) in [5, 5.41) is 6.26. The van der Waals surface area contributed by atoms with Crippen molar-refractivity contribution in [1.82, 2.24) is 10.6 Å². The number of hydrogen-bond acceptors (Lipinski definition) is 5. The maximum Gasteiger partial charge on any atom is 0.387 e. The van der Waals surface area contributed by atoms with Crippen molar-refractivity contribution < 1.29 is 27.7 Å². The molecule has 0 unspecified atom stereocenters. The zero-order valence-electron chi connectivity index (χ0n) is 17.9. The molecule has 7 nitrogen and oxygen atoms in total. The monoisotopic (exact) mass is 551 g/mol. The molecule has 2 N–H and O–H groups in total. The summed E-state index contributed by atoms with van der Waals surface area (Å²) in [6.07, 6.45) is 0. The molecule has 0 spiro atoms. The molecule has 2 aromatic carbocycles. The first-order valence-electron chi connectivity index (χ1n) is 9.36. The van der Waals surface area contributed by atoms with Gasteiger partial charge in [-0.1, -0.05) is 6.07 Å². The van der Waals surface area contributed by atoms with E-state index >= 15 is 0 Å². The highest BCUT2D eigenvalue weighted by Gasteiger charge is 2.12. The molecule has 0 aliphatic heterocycles. The second kappa shape index (κ2) is 13.7. The normalized spacial score (nSPS) is 10.9. The highest BCUT2D eigenvalue weighted by molar-refractivity contribution is 14.0. The van der Waals surface area contributed by atoms with E-state index in [1.807, 2.05) is 25.1 Å². The zero-order chi connectivity index (χ0) is 21.9. The van der Waals surface area contributed by atoms with Crippen LogP contribution in [0.25, 0.3) is 0 Å². The lowest BCUT2D eigenvalue weighted by molar-refractivity contribution is -0.0505. The molecule has 2 aromatic rings. The van der Waals surface area contributed by atoms with Crippen LogP contribution < -0.4 is 29.6 Å². The van der Waals surface area contributed by atoms with Crippen LogP contribution in [0.4, 0.5) is 8.78 Å². The van der Waals surface area contributed by atoms with Crippen molar-refractivity contribution in [2.45, 2.75) is 26.6 Å². The Morgan fingerprint density at radius 2 is 1.68 bits per heavy atom. The first-order chi connectivity index (χ1) is 14.5. The number of rotatable bonds is 10. The highest BCUT2D eigenvalue weighted by atomic mass is 127. The summed E-state index contributed by atoms with van der Waals surface area (Å²) in [5.74, 6) is 2.43. The predicted octanol–water partition coefficient (Wildman–Crippen LogP) is 4.19. The summed E-state index contributed by atoms with van der Waals surface area (Å²) in [4.78, 5) is 4.16. The van der Waals surface area contributed by atoms with E-state index < -0.39 is 6.61 Å². The van der Waals surface area contributed by atoms with Crippen LogP contribution in [-0.2, 0) is 13.1 Å². The maximum atomic E-state index is 12.7. The van der Waals surface area contributed by atoms with Gasteiger partial charge in [-0.3, -0.25) is 4.99 Å². The lowest BCUT2D eigenvalue weighted by Gasteiger charge is -2.16. The molecule has 0 aliphatic carbocycles. The Kier molecular flexibility index (Phi) is 11.8. The molecular weight excluding hydrogens is 523 g/mol. The number of hydrogen-bond donors (Lipinski definition) is 2. The molecule has 0 aliphatic rings. The first kappa shape index (κ1) is 26.5. The number of nitrogens with one attached hydrogen (secondary N) is 2. The lowest BCUT2D eigenvalue weighted by Crippen LogP contribution is -2.36. The fraction of sp³-hybridized carbons (Fsp3) is 0.381. The summed E-state index contributed by atoms with van der Waals surface area (Å²) < 4.78 is 46.0. The van der Waals surface area contributed by atoms with Crippen LogP contribution in [-0.4, -0.2) is 40.4 Å². The SMILES string of the molecule is CCOc1cc(CNC(=NC)NCc2cc(OC)ccc2OC(F)F)ccc1OC.I. The molecule has 0 amide bonds. The highest BCUT2D eigenvalue weighted by Crippen LogP contribution is 2.28. The third kappa shape index (κ3) is 8.27. The molecule has 31 heavy (non-hydrogen) atoms. The molecule has 0 bridgehead atoms. The summed E-state index contributed by atoms with van der Waals surface area (Å²) >= 11 is 0. The van der Waals surface area contributed by atoms with Crippen LogP contribution in [0.2, 0.25) is 0 Å². The summed E-state index contributed by atoms with van der Waals surface area (Å²) in [6.45, 7) is 0.207. The maximum absolute atomic E-state index is 12.7. The Bertz CT molecular complexity index is 853. The largest absolute Gasteiger partial charge is 0.497 e. The zero-order valence-corrected chi connectivity index (χ0v) is 20.2.